The van der Waals surface area contributed by atoms with Crippen molar-refractivity contribution in [3.8, 4) is 11.5 Å². The van der Waals surface area contributed by atoms with Gasteiger partial charge in [0.2, 0.25) is 6.10 Å². The Labute approximate surface area is 125 Å². The lowest BCUT2D eigenvalue weighted by Crippen LogP contribution is -2.51. The monoisotopic (exact) mass is 290 g/mol. The molecule has 3 atom stereocenters. The van der Waals surface area contributed by atoms with Gasteiger partial charge in [0, 0.05) is 12.6 Å². The van der Waals surface area contributed by atoms with Crippen LogP contribution in [0.1, 0.15) is 19.8 Å². The van der Waals surface area contributed by atoms with Gasteiger partial charge in [-0.3, -0.25) is 4.79 Å². The molecule has 2 aliphatic heterocycles. The summed E-state index contributed by atoms with van der Waals surface area (Å²) in [6, 6.07) is 7.77. The van der Waals surface area contributed by atoms with E-state index in [1.807, 2.05) is 24.3 Å². The third-order valence-corrected chi connectivity index (χ3v) is 4.23. The Hall–Kier alpha value is -1.75. The summed E-state index contributed by atoms with van der Waals surface area (Å²) < 4.78 is 11.3. The largest absolute Gasteiger partial charge is 0.485 e. The van der Waals surface area contributed by atoms with Crippen molar-refractivity contribution in [1.82, 2.24) is 10.6 Å². The molecule has 0 spiro atoms. The van der Waals surface area contributed by atoms with E-state index in [0.717, 1.165) is 6.54 Å². The molecule has 5 heteroatoms. The van der Waals surface area contributed by atoms with E-state index in [4.69, 9.17) is 9.47 Å². The van der Waals surface area contributed by atoms with Crippen molar-refractivity contribution >= 4 is 5.91 Å². The Morgan fingerprint density at radius 1 is 1.38 bits per heavy atom. The van der Waals surface area contributed by atoms with Gasteiger partial charge < -0.3 is 20.1 Å². The molecule has 1 aromatic rings. The maximum Gasteiger partial charge on any atom is 0.264 e. The Kier molecular flexibility index (Phi) is 4.29. The second-order valence-electron chi connectivity index (χ2n) is 5.79. The number of amides is 1. The Morgan fingerprint density at radius 2 is 2.19 bits per heavy atom. The molecule has 2 N–H and O–H groups in total. The summed E-state index contributed by atoms with van der Waals surface area (Å²) in [5.74, 6) is 1.81. The van der Waals surface area contributed by atoms with Crippen LogP contribution in [0.3, 0.4) is 0 Å². The van der Waals surface area contributed by atoms with Gasteiger partial charge in [-0.1, -0.05) is 19.1 Å². The summed E-state index contributed by atoms with van der Waals surface area (Å²) in [5, 5.41) is 6.43. The molecule has 3 unspecified atom stereocenters. The molecule has 0 bridgehead atoms. The SMILES string of the molecule is CC1CCCNC1CNC(=O)C1COc2ccccc2O1. The van der Waals surface area contributed by atoms with Gasteiger partial charge >= 0.3 is 0 Å². The van der Waals surface area contributed by atoms with Gasteiger partial charge in [-0.15, -0.1) is 0 Å². The summed E-state index contributed by atoms with van der Waals surface area (Å²) in [5.41, 5.74) is 0. The zero-order chi connectivity index (χ0) is 14.7. The molecule has 5 nitrogen and oxygen atoms in total. The summed E-state index contributed by atoms with van der Waals surface area (Å²) in [7, 11) is 0. The molecule has 0 aliphatic carbocycles. The second kappa shape index (κ2) is 6.35. The van der Waals surface area contributed by atoms with Crippen LogP contribution in [0, 0.1) is 5.92 Å². The topological polar surface area (TPSA) is 59.6 Å². The van der Waals surface area contributed by atoms with Crippen molar-refractivity contribution in [2.45, 2.75) is 31.9 Å². The third kappa shape index (κ3) is 3.29. The van der Waals surface area contributed by atoms with E-state index in [9.17, 15) is 4.79 Å². The van der Waals surface area contributed by atoms with Gasteiger partial charge in [0.1, 0.15) is 6.61 Å². The standard InChI is InChI=1S/C16H22N2O3/c1-11-5-4-8-17-12(11)9-18-16(19)15-10-20-13-6-2-3-7-14(13)21-15/h2-3,6-7,11-12,15,17H,4-5,8-10H2,1H3,(H,18,19). The number of hydrogen-bond donors (Lipinski definition) is 2. The lowest BCUT2D eigenvalue weighted by Gasteiger charge is -2.31. The highest BCUT2D eigenvalue weighted by molar-refractivity contribution is 5.81. The molecule has 2 aliphatic rings. The van der Waals surface area contributed by atoms with Crippen LogP contribution < -0.4 is 20.1 Å². The number of benzene rings is 1. The van der Waals surface area contributed by atoms with E-state index in [1.54, 1.807) is 0 Å². The second-order valence-corrected chi connectivity index (χ2v) is 5.79. The highest BCUT2D eigenvalue weighted by Gasteiger charge is 2.28. The molecular formula is C16H22N2O3. The fourth-order valence-corrected chi connectivity index (χ4v) is 2.86. The molecule has 21 heavy (non-hydrogen) atoms. The van der Waals surface area contributed by atoms with Crippen molar-refractivity contribution in [2.24, 2.45) is 5.92 Å². The zero-order valence-electron chi connectivity index (χ0n) is 12.3. The first kappa shape index (κ1) is 14.2. The van der Waals surface area contributed by atoms with Crippen molar-refractivity contribution < 1.29 is 14.3 Å². The quantitative estimate of drug-likeness (QED) is 0.882. The minimum atomic E-state index is -0.571. The molecule has 0 aromatic heterocycles. The Morgan fingerprint density at radius 3 is 3.00 bits per heavy atom. The predicted molar refractivity (Wildman–Crippen MR) is 79.6 cm³/mol. The van der Waals surface area contributed by atoms with Gasteiger partial charge in [-0.25, -0.2) is 0 Å². The number of rotatable bonds is 3. The minimum Gasteiger partial charge on any atom is -0.485 e. The van der Waals surface area contributed by atoms with E-state index in [1.165, 1.54) is 12.8 Å². The molecule has 2 heterocycles. The van der Waals surface area contributed by atoms with Crippen LogP contribution in [-0.4, -0.2) is 37.7 Å². The van der Waals surface area contributed by atoms with Gasteiger partial charge in [-0.05, 0) is 37.4 Å². The van der Waals surface area contributed by atoms with Gasteiger partial charge in [0.25, 0.3) is 5.91 Å². The highest BCUT2D eigenvalue weighted by Crippen LogP contribution is 2.30. The number of carbonyl (C=O) groups excluding carboxylic acids is 1. The van der Waals surface area contributed by atoms with Gasteiger partial charge in [0.15, 0.2) is 11.5 Å². The zero-order valence-corrected chi connectivity index (χ0v) is 12.3. The van der Waals surface area contributed by atoms with Gasteiger partial charge in [0.05, 0.1) is 0 Å². The number of carbonyl (C=O) groups is 1. The third-order valence-electron chi connectivity index (χ3n) is 4.23. The number of nitrogens with one attached hydrogen (secondary N) is 2. The number of hydrogen-bond acceptors (Lipinski definition) is 4. The summed E-state index contributed by atoms with van der Waals surface area (Å²) in [6.45, 7) is 4.15. The predicted octanol–water partition coefficient (Wildman–Crippen LogP) is 1.33. The normalized spacial score (nSPS) is 28.0. The number of fused-ring (bicyclic) bond motifs is 1. The Bertz CT molecular complexity index is 506. The molecule has 1 amide bonds. The first-order chi connectivity index (χ1) is 10.2. The van der Waals surface area contributed by atoms with Gasteiger partial charge in [-0.2, -0.15) is 0 Å². The van der Waals surface area contributed by atoms with Crippen LogP contribution in [0.25, 0.3) is 0 Å². The molecule has 1 saturated heterocycles. The molecule has 1 aromatic carbocycles. The lowest BCUT2D eigenvalue weighted by molar-refractivity contribution is -0.130. The summed E-state index contributed by atoms with van der Waals surface area (Å²) in [4.78, 5) is 12.2. The number of para-hydroxylation sites is 2. The number of ether oxygens (including phenoxy) is 2. The first-order valence-corrected chi connectivity index (χ1v) is 7.63. The van der Waals surface area contributed by atoms with Crippen LogP contribution in [-0.2, 0) is 4.79 Å². The van der Waals surface area contributed by atoms with Crippen molar-refractivity contribution in [2.75, 3.05) is 19.7 Å². The van der Waals surface area contributed by atoms with Crippen LogP contribution >= 0.6 is 0 Å². The number of piperidine rings is 1. The maximum atomic E-state index is 12.2. The van der Waals surface area contributed by atoms with Crippen LogP contribution in [0.2, 0.25) is 0 Å². The molecule has 0 saturated carbocycles. The van der Waals surface area contributed by atoms with Crippen LogP contribution in [0.15, 0.2) is 24.3 Å². The molecule has 1 fully saturated rings. The maximum absolute atomic E-state index is 12.2. The summed E-state index contributed by atoms with van der Waals surface area (Å²) in [6.07, 6.45) is 1.85. The lowest BCUT2D eigenvalue weighted by atomic mass is 9.93. The van der Waals surface area contributed by atoms with Crippen LogP contribution in [0.5, 0.6) is 11.5 Å². The Balaban J connectivity index is 1.52. The van der Waals surface area contributed by atoms with Crippen molar-refractivity contribution in [3.05, 3.63) is 24.3 Å². The fourth-order valence-electron chi connectivity index (χ4n) is 2.86. The molecule has 0 radical (unpaired) electrons. The smallest absolute Gasteiger partial charge is 0.264 e. The molecular weight excluding hydrogens is 268 g/mol. The molecule has 3 rings (SSSR count). The highest BCUT2D eigenvalue weighted by atomic mass is 16.6. The minimum absolute atomic E-state index is 0.107. The average molecular weight is 290 g/mol. The van der Waals surface area contributed by atoms with E-state index < -0.39 is 6.10 Å². The van der Waals surface area contributed by atoms with Crippen molar-refractivity contribution in [1.29, 1.82) is 0 Å². The first-order valence-electron chi connectivity index (χ1n) is 7.63. The van der Waals surface area contributed by atoms with Crippen LogP contribution in [0.4, 0.5) is 0 Å². The van der Waals surface area contributed by atoms with E-state index in [2.05, 4.69) is 17.6 Å². The van der Waals surface area contributed by atoms with E-state index in [-0.39, 0.29) is 12.5 Å². The molecule has 114 valence electrons. The van der Waals surface area contributed by atoms with E-state index in [0.29, 0.717) is 30.0 Å². The average Bonchev–Trinajstić information content (AvgIpc) is 2.53. The van der Waals surface area contributed by atoms with Crippen molar-refractivity contribution in [3.63, 3.8) is 0 Å². The van der Waals surface area contributed by atoms with E-state index >= 15 is 0 Å². The summed E-state index contributed by atoms with van der Waals surface area (Å²) >= 11 is 0. The fraction of sp³-hybridized carbons (Fsp3) is 0.562.